The third-order valence-corrected chi connectivity index (χ3v) is 6.89. The highest BCUT2D eigenvalue weighted by molar-refractivity contribution is 5.99. The van der Waals surface area contributed by atoms with Crippen LogP contribution in [-0.2, 0) is 24.0 Å². The van der Waals surface area contributed by atoms with Gasteiger partial charge < -0.3 is 23.7 Å². The number of rotatable bonds is 12. The van der Waals surface area contributed by atoms with Crippen molar-refractivity contribution in [1.82, 2.24) is 0 Å². The van der Waals surface area contributed by atoms with Crippen LogP contribution in [0.3, 0.4) is 0 Å². The summed E-state index contributed by atoms with van der Waals surface area (Å²) in [5.74, 6) is -7.81. The fourth-order valence-corrected chi connectivity index (χ4v) is 3.96. The molecular formula is C39H34F2O10. The van der Waals surface area contributed by atoms with Gasteiger partial charge in [-0.2, -0.15) is 0 Å². The second-order valence-corrected chi connectivity index (χ2v) is 11.4. The fraction of sp³-hybridized carbons (Fsp3) is 0.154. The molecule has 0 saturated carbocycles. The highest BCUT2D eigenvalue weighted by atomic mass is 19.1. The number of halogens is 2. The zero-order valence-electron chi connectivity index (χ0n) is 28.8. The smallest absolute Gasteiger partial charge is 0.339 e. The summed E-state index contributed by atoms with van der Waals surface area (Å²) >= 11 is 0. The summed E-state index contributed by atoms with van der Waals surface area (Å²) in [5, 5.41) is 0. The van der Waals surface area contributed by atoms with Crippen LogP contribution in [-0.4, -0.2) is 29.8 Å². The fourth-order valence-electron chi connectivity index (χ4n) is 3.96. The Labute approximate surface area is 292 Å². The molecule has 0 aliphatic carbocycles. The molecule has 0 unspecified atom stereocenters. The Bertz CT molecular complexity index is 2030. The Morgan fingerprint density at radius 1 is 0.490 bits per heavy atom. The third kappa shape index (κ3) is 9.82. The molecule has 0 saturated heterocycles. The maximum Gasteiger partial charge on any atom is 0.339 e. The van der Waals surface area contributed by atoms with Crippen molar-refractivity contribution in [1.29, 1.82) is 0 Å². The summed E-state index contributed by atoms with van der Waals surface area (Å²) in [4.78, 5) is 62.5. The number of carbonyl (C=O) groups is 5. The van der Waals surface area contributed by atoms with Crippen LogP contribution >= 0.6 is 0 Å². The normalized spacial score (nSPS) is 11.0. The second kappa shape index (κ2) is 16.3. The van der Waals surface area contributed by atoms with Crippen LogP contribution in [0.25, 0.3) is 16.7 Å². The van der Waals surface area contributed by atoms with Gasteiger partial charge in [-0.3, -0.25) is 0 Å². The average Bonchev–Trinajstić information content (AvgIpc) is 3.05. The summed E-state index contributed by atoms with van der Waals surface area (Å²) in [6, 6.07) is 9.88. The largest absolute Gasteiger partial charge is 0.423 e. The molecule has 0 bridgehead atoms. The molecule has 0 N–H and O–H groups in total. The van der Waals surface area contributed by atoms with Crippen molar-refractivity contribution < 1.29 is 56.4 Å². The van der Waals surface area contributed by atoms with Gasteiger partial charge in [0.1, 0.15) is 28.9 Å². The van der Waals surface area contributed by atoms with Gasteiger partial charge in [0.15, 0.2) is 11.5 Å². The number of esters is 5. The number of allylic oxidation sites excluding steroid dienone is 1. The summed E-state index contributed by atoms with van der Waals surface area (Å²) in [6.45, 7) is 22.2. The minimum atomic E-state index is -1.14. The summed E-state index contributed by atoms with van der Waals surface area (Å²) in [5.41, 5.74) is -0.277. The van der Waals surface area contributed by atoms with E-state index in [1.165, 1.54) is 71.9 Å². The lowest BCUT2D eigenvalue weighted by atomic mass is 10.0. The quantitative estimate of drug-likeness (QED) is 0.104. The van der Waals surface area contributed by atoms with E-state index in [-0.39, 0.29) is 56.3 Å². The Hall–Kier alpha value is -6.43. The van der Waals surface area contributed by atoms with E-state index < -0.39 is 58.5 Å². The van der Waals surface area contributed by atoms with Crippen LogP contribution < -0.4 is 23.7 Å². The molecule has 0 aliphatic heterocycles. The molecule has 0 amide bonds. The third-order valence-electron chi connectivity index (χ3n) is 6.89. The zero-order chi connectivity index (χ0) is 38.3. The van der Waals surface area contributed by atoms with E-state index in [2.05, 4.69) is 26.3 Å². The van der Waals surface area contributed by atoms with Gasteiger partial charge in [0, 0.05) is 57.2 Å². The van der Waals surface area contributed by atoms with Gasteiger partial charge in [-0.15, -0.1) is 0 Å². The molecule has 0 heterocycles. The number of hydrogen-bond donors (Lipinski definition) is 0. The van der Waals surface area contributed by atoms with Crippen molar-refractivity contribution in [3.8, 4) is 39.9 Å². The van der Waals surface area contributed by atoms with Gasteiger partial charge in [-0.1, -0.05) is 38.4 Å². The van der Waals surface area contributed by atoms with Gasteiger partial charge in [-0.25, -0.2) is 32.8 Å². The number of hydrogen-bond acceptors (Lipinski definition) is 10. The standard InChI is InChI=1S/C39H34F2O10/c1-19(2)35(42)47-26-13-11-25(12-14-26)28-17-32(50-38(45)22(7)8)33(18-31(28)49-37(44)21(5)6)51-39(46)24(10)23(9)34-29(40)15-27(16-30(34)41)48-36(43)20(3)4/h11-18H,1,3,5,7H2,2,4,6,8-10H3/b24-23+. The van der Waals surface area contributed by atoms with Gasteiger partial charge in [0.05, 0.1) is 0 Å². The summed E-state index contributed by atoms with van der Waals surface area (Å²) in [6.07, 6.45) is 0. The summed E-state index contributed by atoms with van der Waals surface area (Å²) < 4.78 is 57.0. The van der Waals surface area contributed by atoms with E-state index in [0.717, 1.165) is 18.2 Å². The summed E-state index contributed by atoms with van der Waals surface area (Å²) in [7, 11) is 0. The average molecular weight is 701 g/mol. The maximum absolute atomic E-state index is 15.1. The Balaban J connectivity index is 2.14. The van der Waals surface area contributed by atoms with Gasteiger partial charge >= 0.3 is 29.8 Å². The Morgan fingerprint density at radius 3 is 1.35 bits per heavy atom. The highest BCUT2D eigenvalue weighted by Gasteiger charge is 2.25. The number of carbonyl (C=O) groups excluding carboxylic acids is 5. The van der Waals surface area contributed by atoms with Crippen molar-refractivity contribution in [2.45, 2.75) is 41.5 Å². The van der Waals surface area contributed by atoms with Crippen LogP contribution in [0.15, 0.2) is 103 Å². The number of benzene rings is 3. The first-order valence-electron chi connectivity index (χ1n) is 15.0. The molecule has 0 atom stereocenters. The molecule has 3 rings (SSSR count). The van der Waals surface area contributed by atoms with E-state index >= 15 is 8.78 Å². The molecule has 3 aromatic carbocycles. The van der Waals surface area contributed by atoms with E-state index in [1.54, 1.807) is 0 Å². The first-order chi connectivity index (χ1) is 23.8. The molecule has 0 radical (unpaired) electrons. The zero-order valence-corrected chi connectivity index (χ0v) is 28.8. The molecule has 264 valence electrons. The highest BCUT2D eigenvalue weighted by Crippen LogP contribution is 2.42. The first kappa shape index (κ1) is 39.0. The lowest BCUT2D eigenvalue weighted by Gasteiger charge is -2.17. The van der Waals surface area contributed by atoms with Gasteiger partial charge in [0.25, 0.3) is 0 Å². The lowest BCUT2D eigenvalue weighted by Crippen LogP contribution is -2.15. The Kier molecular flexibility index (Phi) is 12.5. The van der Waals surface area contributed by atoms with Crippen LogP contribution in [0, 0.1) is 11.6 Å². The molecular weight excluding hydrogens is 666 g/mol. The molecule has 0 aliphatic rings. The van der Waals surface area contributed by atoms with Crippen LogP contribution in [0.5, 0.6) is 28.7 Å². The van der Waals surface area contributed by atoms with Crippen molar-refractivity contribution >= 4 is 35.4 Å². The number of ether oxygens (including phenoxy) is 5. The second-order valence-electron chi connectivity index (χ2n) is 11.4. The molecule has 0 aromatic heterocycles. The van der Waals surface area contributed by atoms with Gasteiger partial charge in [-0.05, 0) is 70.9 Å². The van der Waals surface area contributed by atoms with Crippen molar-refractivity contribution in [3.63, 3.8) is 0 Å². The first-order valence-corrected chi connectivity index (χ1v) is 15.0. The SMILES string of the molecule is C=C(C)C(=O)Oc1ccc(-c2cc(OC(=O)C(=C)C)c(OC(=O)/C(C)=C(\C)c3c(F)cc(OC(=O)C(=C)C)cc3F)cc2OC(=O)C(=C)C)cc1. The van der Waals surface area contributed by atoms with Crippen molar-refractivity contribution in [2.24, 2.45) is 0 Å². The predicted molar refractivity (Wildman–Crippen MR) is 184 cm³/mol. The minimum Gasteiger partial charge on any atom is -0.423 e. The molecule has 51 heavy (non-hydrogen) atoms. The monoisotopic (exact) mass is 700 g/mol. The van der Waals surface area contributed by atoms with Crippen LogP contribution in [0.4, 0.5) is 8.78 Å². The molecule has 3 aromatic rings. The van der Waals surface area contributed by atoms with E-state index in [9.17, 15) is 24.0 Å². The van der Waals surface area contributed by atoms with E-state index in [1.807, 2.05) is 0 Å². The lowest BCUT2D eigenvalue weighted by molar-refractivity contribution is -0.132. The van der Waals surface area contributed by atoms with Crippen LogP contribution in [0.1, 0.15) is 47.1 Å². The molecule has 12 heteroatoms. The Morgan fingerprint density at radius 2 is 0.882 bits per heavy atom. The minimum absolute atomic E-state index is 0.00737. The van der Waals surface area contributed by atoms with E-state index in [4.69, 9.17) is 23.7 Å². The van der Waals surface area contributed by atoms with Crippen molar-refractivity contribution in [2.75, 3.05) is 0 Å². The van der Waals surface area contributed by atoms with Crippen molar-refractivity contribution in [3.05, 3.63) is 120 Å². The van der Waals surface area contributed by atoms with Crippen LogP contribution in [0.2, 0.25) is 0 Å². The van der Waals surface area contributed by atoms with Gasteiger partial charge in [0.2, 0.25) is 0 Å². The molecule has 0 spiro atoms. The maximum atomic E-state index is 15.1. The molecule has 0 fully saturated rings. The molecule has 10 nitrogen and oxygen atoms in total. The topological polar surface area (TPSA) is 132 Å². The van der Waals surface area contributed by atoms with E-state index in [0.29, 0.717) is 5.56 Å². The predicted octanol–water partition coefficient (Wildman–Crippen LogP) is 7.96.